The van der Waals surface area contributed by atoms with E-state index < -0.39 is 27.8 Å². The Balaban J connectivity index is 1.43. The number of benzene rings is 3. The van der Waals surface area contributed by atoms with Crippen molar-refractivity contribution >= 4 is 56.5 Å². The van der Waals surface area contributed by atoms with E-state index in [1.54, 1.807) is 17.0 Å². The molecule has 3 aromatic carbocycles. The Hall–Kier alpha value is -3.44. The summed E-state index contributed by atoms with van der Waals surface area (Å²) < 4.78 is 28.6. The highest BCUT2D eigenvalue weighted by Crippen LogP contribution is 2.27. The molecule has 0 spiro atoms. The molecule has 0 aliphatic carbocycles. The van der Waals surface area contributed by atoms with Crippen LogP contribution in [0.3, 0.4) is 0 Å². The summed E-state index contributed by atoms with van der Waals surface area (Å²) >= 11 is 12.1. The lowest BCUT2D eigenvalue weighted by molar-refractivity contribution is -0.132. The van der Waals surface area contributed by atoms with Crippen LogP contribution in [-0.4, -0.2) is 61.8 Å². The van der Waals surface area contributed by atoms with Gasteiger partial charge in [-0.3, -0.25) is 19.1 Å². The SMILES string of the molecule is O=C(NCC(=O)N1CCC(O)CC1)c1ccc(S(=O)(=O)Nc2ccccc2C(=O)c2ccc(Cl)cc2Cl)cc1. The molecule has 9 nitrogen and oxygen atoms in total. The second-order valence-electron chi connectivity index (χ2n) is 8.92. The summed E-state index contributed by atoms with van der Waals surface area (Å²) in [5, 5.41) is 12.6. The fourth-order valence-corrected chi connectivity index (χ4v) is 5.64. The molecule has 12 heteroatoms. The van der Waals surface area contributed by atoms with Crippen molar-refractivity contribution in [2.75, 3.05) is 24.4 Å². The molecule has 1 saturated heterocycles. The summed E-state index contributed by atoms with van der Waals surface area (Å²) in [4.78, 5) is 39.4. The van der Waals surface area contributed by atoms with Crippen LogP contribution in [0, 0.1) is 0 Å². The summed E-state index contributed by atoms with van der Waals surface area (Å²) in [5.41, 5.74) is 0.483. The predicted molar refractivity (Wildman–Crippen MR) is 148 cm³/mol. The second-order valence-corrected chi connectivity index (χ2v) is 11.4. The van der Waals surface area contributed by atoms with Gasteiger partial charge in [-0.15, -0.1) is 0 Å². The Labute approximate surface area is 235 Å². The third-order valence-corrected chi connectivity index (χ3v) is 8.17. The smallest absolute Gasteiger partial charge is 0.261 e. The molecule has 1 heterocycles. The molecular weight excluding hydrogens is 565 g/mol. The van der Waals surface area contributed by atoms with Gasteiger partial charge in [-0.1, -0.05) is 35.3 Å². The van der Waals surface area contributed by atoms with Gasteiger partial charge >= 0.3 is 0 Å². The first-order valence-electron chi connectivity index (χ1n) is 12.0. The Morgan fingerprint density at radius 3 is 2.26 bits per heavy atom. The van der Waals surface area contributed by atoms with Crippen molar-refractivity contribution in [2.45, 2.75) is 23.8 Å². The van der Waals surface area contributed by atoms with Crippen molar-refractivity contribution in [3.8, 4) is 0 Å². The summed E-state index contributed by atoms with van der Waals surface area (Å²) in [6, 6.07) is 15.7. The van der Waals surface area contributed by atoms with Gasteiger partial charge in [0.1, 0.15) is 0 Å². The summed E-state index contributed by atoms with van der Waals surface area (Å²) in [6.45, 7) is 0.646. The fourth-order valence-electron chi connectivity index (χ4n) is 4.06. The van der Waals surface area contributed by atoms with E-state index in [1.165, 1.54) is 54.6 Å². The van der Waals surface area contributed by atoms with Crippen LogP contribution >= 0.6 is 23.2 Å². The zero-order valence-corrected chi connectivity index (χ0v) is 22.9. The molecule has 0 atom stereocenters. The molecule has 0 unspecified atom stereocenters. The van der Waals surface area contributed by atoms with E-state index in [0.29, 0.717) is 31.0 Å². The van der Waals surface area contributed by atoms with Gasteiger partial charge in [0.25, 0.3) is 15.9 Å². The number of nitrogens with one attached hydrogen (secondary N) is 2. The van der Waals surface area contributed by atoms with Gasteiger partial charge in [-0.2, -0.15) is 0 Å². The van der Waals surface area contributed by atoms with E-state index in [0.717, 1.165) is 0 Å². The van der Waals surface area contributed by atoms with E-state index in [9.17, 15) is 27.9 Å². The van der Waals surface area contributed by atoms with Crippen molar-refractivity contribution in [2.24, 2.45) is 0 Å². The van der Waals surface area contributed by atoms with Crippen LogP contribution in [0.4, 0.5) is 5.69 Å². The number of hydrogen-bond acceptors (Lipinski definition) is 6. The summed E-state index contributed by atoms with van der Waals surface area (Å²) in [5.74, 6) is -1.28. The summed E-state index contributed by atoms with van der Waals surface area (Å²) in [7, 11) is -4.12. The zero-order valence-electron chi connectivity index (χ0n) is 20.6. The van der Waals surface area contributed by atoms with Crippen LogP contribution in [0.25, 0.3) is 0 Å². The highest BCUT2D eigenvalue weighted by molar-refractivity contribution is 7.92. The van der Waals surface area contributed by atoms with Gasteiger partial charge in [-0.25, -0.2) is 8.42 Å². The molecule has 1 fully saturated rings. The highest BCUT2D eigenvalue weighted by Gasteiger charge is 2.23. The summed E-state index contributed by atoms with van der Waals surface area (Å²) in [6.07, 6.45) is 0.581. The number of carbonyl (C=O) groups is 3. The largest absolute Gasteiger partial charge is 0.393 e. The standard InChI is InChI=1S/C27H25Cl2N3O6S/c28-18-7-10-21(23(29)15-18)26(35)22-3-1-2-4-24(22)31-39(37,38)20-8-5-17(6-9-20)27(36)30-16-25(34)32-13-11-19(33)12-14-32/h1-10,15,19,31,33H,11-14,16H2,(H,30,36). The Morgan fingerprint density at radius 2 is 1.59 bits per heavy atom. The van der Waals surface area contributed by atoms with Crippen LogP contribution in [0.1, 0.15) is 39.1 Å². The molecule has 2 amide bonds. The van der Waals surface area contributed by atoms with Crippen molar-refractivity contribution < 1.29 is 27.9 Å². The molecule has 204 valence electrons. The number of aliphatic hydroxyl groups excluding tert-OH is 1. The van der Waals surface area contributed by atoms with Crippen molar-refractivity contribution in [3.63, 3.8) is 0 Å². The maximum absolute atomic E-state index is 13.1. The van der Waals surface area contributed by atoms with Gasteiger partial charge in [0.2, 0.25) is 5.91 Å². The lowest BCUT2D eigenvalue weighted by Crippen LogP contribution is -2.45. The van der Waals surface area contributed by atoms with E-state index in [1.807, 2.05) is 0 Å². The van der Waals surface area contributed by atoms with Crippen molar-refractivity contribution in [3.05, 3.63) is 93.5 Å². The fraction of sp³-hybridized carbons (Fsp3) is 0.222. The first kappa shape index (κ1) is 28.6. The molecule has 0 aromatic heterocycles. The molecule has 39 heavy (non-hydrogen) atoms. The first-order chi connectivity index (χ1) is 18.5. The molecule has 4 rings (SSSR count). The number of likely N-dealkylation sites (tertiary alicyclic amines) is 1. The van der Waals surface area contributed by atoms with Gasteiger partial charge in [0.15, 0.2) is 5.78 Å². The van der Waals surface area contributed by atoms with Gasteiger partial charge in [-0.05, 0) is 67.4 Å². The monoisotopic (exact) mass is 589 g/mol. The Kier molecular flexibility index (Phi) is 8.91. The number of ketones is 1. The lowest BCUT2D eigenvalue weighted by atomic mass is 10.0. The number of sulfonamides is 1. The van der Waals surface area contributed by atoms with Crippen LogP contribution < -0.4 is 10.0 Å². The molecule has 3 N–H and O–H groups in total. The number of para-hydroxylation sites is 1. The van der Waals surface area contributed by atoms with Crippen molar-refractivity contribution in [1.82, 2.24) is 10.2 Å². The van der Waals surface area contributed by atoms with Gasteiger partial charge < -0.3 is 15.3 Å². The van der Waals surface area contributed by atoms with E-state index >= 15 is 0 Å². The molecule has 0 radical (unpaired) electrons. The van der Waals surface area contributed by atoms with E-state index in [4.69, 9.17) is 23.2 Å². The number of amides is 2. The lowest BCUT2D eigenvalue weighted by Gasteiger charge is -2.29. The number of anilines is 1. The molecule has 1 aliphatic rings. The number of rotatable bonds is 8. The van der Waals surface area contributed by atoms with Gasteiger partial charge in [0, 0.05) is 34.8 Å². The van der Waals surface area contributed by atoms with E-state index in [2.05, 4.69) is 10.0 Å². The maximum atomic E-state index is 13.1. The minimum absolute atomic E-state index is 0.0547. The minimum Gasteiger partial charge on any atom is -0.393 e. The average Bonchev–Trinajstić information content (AvgIpc) is 2.92. The van der Waals surface area contributed by atoms with Crippen LogP contribution in [0.15, 0.2) is 71.6 Å². The molecule has 3 aromatic rings. The second kappa shape index (κ2) is 12.2. The normalized spacial score (nSPS) is 14.1. The average molecular weight is 590 g/mol. The van der Waals surface area contributed by atoms with Crippen molar-refractivity contribution in [1.29, 1.82) is 0 Å². The maximum Gasteiger partial charge on any atom is 0.261 e. The minimum atomic E-state index is -4.12. The van der Waals surface area contributed by atoms with Crippen LogP contribution in [0.5, 0.6) is 0 Å². The third-order valence-electron chi connectivity index (χ3n) is 6.24. The van der Waals surface area contributed by atoms with Crippen LogP contribution in [-0.2, 0) is 14.8 Å². The number of hydrogen-bond donors (Lipinski definition) is 3. The third kappa shape index (κ3) is 6.96. The number of halogens is 2. The van der Waals surface area contributed by atoms with Gasteiger partial charge in [0.05, 0.1) is 28.3 Å². The number of piperidine rings is 1. The molecule has 0 saturated carbocycles. The Morgan fingerprint density at radius 1 is 0.923 bits per heavy atom. The topological polar surface area (TPSA) is 133 Å². The molecule has 0 bridgehead atoms. The number of nitrogens with zero attached hydrogens (tertiary/aromatic N) is 1. The molecular formula is C27H25Cl2N3O6S. The predicted octanol–water partition coefficient (Wildman–Crippen LogP) is 3.74. The zero-order chi connectivity index (χ0) is 28.2. The quantitative estimate of drug-likeness (QED) is 0.343. The highest BCUT2D eigenvalue weighted by atomic mass is 35.5. The first-order valence-corrected chi connectivity index (χ1v) is 14.2. The van der Waals surface area contributed by atoms with Crippen LogP contribution in [0.2, 0.25) is 10.0 Å². The Bertz CT molecular complexity index is 1500. The number of aliphatic hydroxyl groups is 1. The van der Waals surface area contributed by atoms with E-state index in [-0.39, 0.29) is 44.7 Å². The molecule has 1 aliphatic heterocycles. The number of carbonyl (C=O) groups excluding carboxylic acids is 3.